The average molecular weight is 261 g/mol. The van der Waals surface area contributed by atoms with E-state index in [-0.39, 0.29) is 12.4 Å². The van der Waals surface area contributed by atoms with Gasteiger partial charge in [0.1, 0.15) is 17.3 Å². The molecule has 3 N–H and O–H groups in total. The summed E-state index contributed by atoms with van der Waals surface area (Å²) in [5, 5.41) is 10.00. The van der Waals surface area contributed by atoms with E-state index in [2.05, 4.69) is 0 Å². The van der Waals surface area contributed by atoms with E-state index in [1.165, 1.54) is 12.1 Å². The van der Waals surface area contributed by atoms with Gasteiger partial charge in [-0.05, 0) is 48.9 Å². The second-order valence-corrected chi connectivity index (χ2v) is 4.56. The van der Waals surface area contributed by atoms with E-state index >= 15 is 0 Å². The van der Waals surface area contributed by atoms with Gasteiger partial charge in [0.05, 0.1) is 5.60 Å². The third-order valence-corrected chi connectivity index (χ3v) is 2.92. The van der Waals surface area contributed by atoms with Crippen LogP contribution in [0, 0.1) is 5.82 Å². The molecule has 1 atom stereocenters. The summed E-state index contributed by atoms with van der Waals surface area (Å²) in [5.41, 5.74) is 5.17. The summed E-state index contributed by atoms with van der Waals surface area (Å²) in [7, 11) is 0. The van der Waals surface area contributed by atoms with Crippen LogP contribution >= 0.6 is 0 Å². The van der Waals surface area contributed by atoms with Crippen LogP contribution < -0.4 is 10.5 Å². The van der Waals surface area contributed by atoms with Crippen LogP contribution in [-0.4, -0.2) is 11.7 Å². The molecular formula is C15H16FNO2. The standard InChI is InChI=1S/C15H16FNO2/c1-15(18,10-17)11-2-6-13(7-3-11)19-14-8-4-12(16)5-9-14/h2-9,18H,10,17H2,1H3. The van der Waals surface area contributed by atoms with Crippen LogP contribution in [0.15, 0.2) is 48.5 Å². The smallest absolute Gasteiger partial charge is 0.127 e. The fourth-order valence-corrected chi connectivity index (χ4v) is 1.64. The lowest BCUT2D eigenvalue weighted by atomic mass is 9.96. The van der Waals surface area contributed by atoms with E-state index in [1.54, 1.807) is 43.3 Å². The number of benzene rings is 2. The molecular weight excluding hydrogens is 245 g/mol. The van der Waals surface area contributed by atoms with Crippen LogP contribution in [0.2, 0.25) is 0 Å². The fourth-order valence-electron chi connectivity index (χ4n) is 1.64. The highest BCUT2D eigenvalue weighted by molar-refractivity contribution is 5.34. The van der Waals surface area contributed by atoms with Crippen molar-refractivity contribution in [1.29, 1.82) is 0 Å². The summed E-state index contributed by atoms with van der Waals surface area (Å²) in [4.78, 5) is 0. The van der Waals surface area contributed by atoms with Crippen molar-refractivity contribution in [3.8, 4) is 11.5 Å². The Morgan fingerprint density at radius 2 is 1.53 bits per heavy atom. The molecule has 1 unspecified atom stereocenters. The Kier molecular flexibility index (Phi) is 3.83. The maximum Gasteiger partial charge on any atom is 0.127 e. The number of nitrogens with two attached hydrogens (primary N) is 1. The number of rotatable bonds is 4. The Morgan fingerprint density at radius 1 is 1.05 bits per heavy atom. The van der Waals surface area contributed by atoms with Gasteiger partial charge in [0, 0.05) is 6.54 Å². The summed E-state index contributed by atoms with van der Waals surface area (Å²) >= 11 is 0. The van der Waals surface area contributed by atoms with Crippen LogP contribution in [0.1, 0.15) is 12.5 Å². The van der Waals surface area contributed by atoms with E-state index < -0.39 is 5.60 Å². The minimum absolute atomic E-state index is 0.144. The molecule has 0 heterocycles. The number of ether oxygens (including phenoxy) is 1. The first kappa shape index (κ1) is 13.5. The van der Waals surface area contributed by atoms with Crippen LogP contribution in [0.3, 0.4) is 0 Å². The second kappa shape index (κ2) is 5.38. The van der Waals surface area contributed by atoms with Gasteiger partial charge in [-0.15, -0.1) is 0 Å². The van der Waals surface area contributed by atoms with Crippen molar-refractivity contribution in [2.24, 2.45) is 5.73 Å². The molecule has 2 aromatic rings. The maximum absolute atomic E-state index is 12.8. The Bertz CT molecular complexity index is 535. The zero-order valence-corrected chi connectivity index (χ0v) is 10.6. The minimum Gasteiger partial charge on any atom is -0.457 e. The highest BCUT2D eigenvalue weighted by Gasteiger charge is 2.20. The number of aliphatic hydroxyl groups is 1. The molecule has 19 heavy (non-hydrogen) atoms. The fraction of sp³-hybridized carbons (Fsp3) is 0.200. The van der Waals surface area contributed by atoms with Gasteiger partial charge in [0.2, 0.25) is 0 Å². The molecule has 0 saturated heterocycles. The number of hydrogen-bond acceptors (Lipinski definition) is 3. The Labute approximate surface area is 111 Å². The largest absolute Gasteiger partial charge is 0.457 e. The lowest BCUT2D eigenvalue weighted by Gasteiger charge is -2.21. The third-order valence-electron chi connectivity index (χ3n) is 2.92. The van der Waals surface area contributed by atoms with Crippen LogP contribution in [0.25, 0.3) is 0 Å². The summed E-state index contributed by atoms with van der Waals surface area (Å²) in [6.07, 6.45) is 0. The van der Waals surface area contributed by atoms with Crippen LogP contribution in [0.5, 0.6) is 11.5 Å². The predicted molar refractivity (Wildman–Crippen MR) is 71.5 cm³/mol. The van der Waals surface area contributed by atoms with Gasteiger partial charge in [0.15, 0.2) is 0 Å². The molecule has 0 aliphatic heterocycles. The van der Waals surface area contributed by atoms with E-state index in [1.807, 2.05) is 0 Å². The van der Waals surface area contributed by atoms with Crippen molar-refractivity contribution >= 4 is 0 Å². The molecule has 2 rings (SSSR count). The first-order valence-corrected chi connectivity index (χ1v) is 5.98. The zero-order chi connectivity index (χ0) is 13.9. The van der Waals surface area contributed by atoms with Crippen molar-refractivity contribution in [2.45, 2.75) is 12.5 Å². The summed E-state index contributed by atoms with van der Waals surface area (Å²) in [6.45, 7) is 1.80. The zero-order valence-electron chi connectivity index (χ0n) is 10.6. The Hall–Kier alpha value is -1.91. The molecule has 0 amide bonds. The number of hydrogen-bond donors (Lipinski definition) is 2. The summed E-state index contributed by atoms with van der Waals surface area (Å²) < 4.78 is 18.3. The van der Waals surface area contributed by atoms with Crippen LogP contribution in [-0.2, 0) is 5.60 Å². The van der Waals surface area contributed by atoms with Gasteiger partial charge >= 0.3 is 0 Å². The molecule has 4 heteroatoms. The van der Waals surface area contributed by atoms with Crippen molar-refractivity contribution in [1.82, 2.24) is 0 Å². The van der Waals surface area contributed by atoms with Crippen molar-refractivity contribution in [3.05, 3.63) is 59.9 Å². The second-order valence-electron chi connectivity index (χ2n) is 4.56. The van der Waals surface area contributed by atoms with E-state index in [0.717, 1.165) is 5.56 Å². The molecule has 2 aromatic carbocycles. The van der Waals surface area contributed by atoms with E-state index in [4.69, 9.17) is 10.5 Å². The van der Waals surface area contributed by atoms with Gasteiger partial charge in [-0.1, -0.05) is 12.1 Å². The molecule has 0 bridgehead atoms. The average Bonchev–Trinajstić information content (AvgIpc) is 2.42. The summed E-state index contributed by atoms with van der Waals surface area (Å²) in [6, 6.07) is 12.8. The van der Waals surface area contributed by atoms with Crippen LogP contribution in [0.4, 0.5) is 4.39 Å². The SMILES string of the molecule is CC(O)(CN)c1ccc(Oc2ccc(F)cc2)cc1. The Balaban J connectivity index is 2.13. The topological polar surface area (TPSA) is 55.5 Å². The predicted octanol–water partition coefficient (Wildman–Crippen LogP) is 2.78. The monoisotopic (exact) mass is 261 g/mol. The highest BCUT2D eigenvalue weighted by atomic mass is 19.1. The lowest BCUT2D eigenvalue weighted by molar-refractivity contribution is 0.0668. The molecule has 0 aromatic heterocycles. The maximum atomic E-state index is 12.8. The number of halogens is 1. The molecule has 0 saturated carbocycles. The Morgan fingerprint density at radius 3 is 2.00 bits per heavy atom. The van der Waals surface area contributed by atoms with Gasteiger partial charge in [-0.2, -0.15) is 0 Å². The third kappa shape index (κ3) is 3.30. The van der Waals surface area contributed by atoms with Crippen molar-refractivity contribution in [2.75, 3.05) is 6.54 Å². The molecule has 0 aliphatic carbocycles. The normalized spacial score (nSPS) is 13.9. The van der Waals surface area contributed by atoms with Gasteiger partial charge in [0.25, 0.3) is 0 Å². The van der Waals surface area contributed by atoms with Gasteiger partial charge < -0.3 is 15.6 Å². The van der Waals surface area contributed by atoms with Crippen molar-refractivity contribution < 1.29 is 14.2 Å². The molecule has 0 aliphatic rings. The molecule has 100 valence electrons. The quantitative estimate of drug-likeness (QED) is 0.889. The molecule has 3 nitrogen and oxygen atoms in total. The first-order valence-electron chi connectivity index (χ1n) is 5.98. The highest BCUT2D eigenvalue weighted by Crippen LogP contribution is 2.25. The van der Waals surface area contributed by atoms with Gasteiger partial charge in [-0.3, -0.25) is 0 Å². The summed E-state index contributed by atoms with van der Waals surface area (Å²) in [5.74, 6) is 0.865. The van der Waals surface area contributed by atoms with Crippen molar-refractivity contribution in [3.63, 3.8) is 0 Å². The lowest BCUT2D eigenvalue weighted by Crippen LogP contribution is -2.31. The van der Waals surface area contributed by atoms with Gasteiger partial charge in [-0.25, -0.2) is 4.39 Å². The molecule has 0 spiro atoms. The van der Waals surface area contributed by atoms with E-state index in [0.29, 0.717) is 11.5 Å². The molecule has 0 fully saturated rings. The minimum atomic E-state index is -1.05. The van der Waals surface area contributed by atoms with E-state index in [9.17, 15) is 9.50 Å². The molecule has 0 radical (unpaired) electrons. The first-order chi connectivity index (χ1) is 9.01.